The lowest BCUT2D eigenvalue weighted by Gasteiger charge is -1.80. The average Bonchev–Trinajstić information content (AvgIpc) is 2.40. The summed E-state index contributed by atoms with van der Waals surface area (Å²) in [4.78, 5) is 11.7. The average molecular weight is 166 g/mol. The Labute approximate surface area is 67.0 Å². The molecule has 0 aromatic carbocycles. The van der Waals surface area contributed by atoms with Crippen LogP contribution in [0.25, 0.3) is 10.2 Å². The number of hydrogen-bond donors (Lipinski definition) is 1. The van der Waals surface area contributed by atoms with Crippen LogP contribution in [0.3, 0.4) is 0 Å². The van der Waals surface area contributed by atoms with E-state index < -0.39 is 0 Å². The second-order valence-electron chi connectivity index (χ2n) is 2.31. The molecule has 0 spiro atoms. The van der Waals surface area contributed by atoms with E-state index in [-0.39, 0.29) is 5.78 Å². The van der Waals surface area contributed by atoms with E-state index in [0.29, 0.717) is 0 Å². The molecule has 0 aliphatic carbocycles. The van der Waals surface area contributed by atoms with Gasteiger partial charge in [-0.3, -0.25) is 9.89 Å². The normalized spacial score (nSPS) is 10.6. The molecular weight excluding hydrogens is 160 g/mol. The van der Waals surface area contributed by atoms with Gasteiger partial charge in [-0.1, -0.05) is 0 Å². The molecular formula is C7H6N2OS. The molecule has 4 heteroatoms. The van der Waals surface area contributed by atoms with Crippen molar-refractivity contribution in [3.63, 3.8) is 0 Å². The number of nitrogens with zero attached hydrogens (tertiary/aromatic N) is 1. The molecule has 3 nitrogen and oxygen atoms in total. The molecule has 0 unspecified atom stereocenters. The fourth-order valence-electron chi connectivity index (χ4n) is 0.922. The maximum Gasteiger partial charge on any atom is 0.169 e. The molecule has 56 valence electrons. The summed E-state index contributed by atoms with van der Waals surface area (Å²) in [5, 5.41) is 6.64. The lowest BCUT2D eigenvalue weighted by molar-refractivity contribution is 0.102. The van der Waals surface area contributed by atoms with Crippen molar-refractivity contribution in [2.24, 2.45) is 0 Å². The van der Waals surface area contributed by atoms with Gasteiger partial charge >= 0.3 is 0 Å². The van der Waals surface area contributed by atoms with E-state index in [1.807, 2.05) is 6.07 Å². The zero-order valence-electron chi connectivity index (χ0n) is 5.92. The molecule has 0 atom stereocenters. The second kappa shape index (κ2) is 2.17. The number of rotatable bonds is 1. The SMILES string of the molecule is CC(=O)c1cc2[nH]ncc2s1. The number of fused-ring (bicyclic) bond motifs is 1. The number of ketones is 1. The standard InChI is InChI=1S/C7H6N2OS/c1-4(10)6-2-5-7(11-6)3-8-9-5/h2-3H,1H3,(H,8,9). The first-order chi connectivity index (χ1) is 5.27. The summed E-state index contributed by atoms with van der Waals surface area (Å²) in [7, 11) is 0. The molecule has 2 heterocycles. The number of Topliss-reactive ketones (excluding diaryl/α,β-unsaturated/α-hetero) is 1. The highest BCUT2D eigenvalue weighted by Crippen LogP contribution is 2.23. The topological polar surface area (TPSA) is 45.8 Å². The summed E-state index contributed by atoms with van der Waals surface area (Å²) in [6.07, 6.45) is 1.73. The van der Waals surface area contributed by atoms with E-state index >= 15 is 0 Å². The van der Waals surface area contributed by atoms with Crippen LogP contribution >= 0.6 is 11.3 Å². The van der Waals surface area contributed by atoms with Gasteiger partial charge in [0, 0.05) is 0 Å². The number of aromatic nitrogens is 2. The minimum atomic E-state index is 0.111. The molecule has 0 aliphatic heterocycles. The fourth-order valence-corrected chi connectivity index (χ4v) is 1.80. The van der Waals surface area contributed by atoms with Crippen molar-refractivity contribution < 1.29 is 4.79 Å². The Morgan fingerprint density at radius 2 is 2.55 bits per heavy atom. The van der Waals surface area contributed by atoms with Crippen molar-refractivity contribution in [2.75, 3.05) is 0 Å². The van der Waals surface area contributed by atoms with E-state index in [4.69, 9.17) is 0 Å². The van der Waals surface area contributed by atoms with E-state index in [1.165, 1.54) is 11.3 Å². The summed E-state index contributed by atoms with van der Waals surface area (Å²) in [5.41, 5.74) is 0.945. The predicted octanol–water partition coefficient (Wildman–Crippen LogP) is 1.83. The third-order valence-corrected chi connectivity index (χ3v) is 2.65. The minimum absolute atomic E-state index is 0.111. The first-order valence-corrected chi connectivity index (χ1v) is 4.03. The quantitative estimate of drug-likeness (QED) is 0.657. The molecule has 0 aliphatic rings. The van der Waals surface area contributed by atoms with Crippen LogP contribution in [0.15, 0.2) is 12.3 Å². The molecule has 0 saturated carbocycles. The van der Waals surface area contributed by atoms with Crippen LogP contribution in [0, 0.1) is 0 Å². The van der Waals surface area contributed by atoms with E-state index in [9.17, 15) is 4.79 Å². The monoisotopic (exact) mass is 166 g/mol. The van der Waals surface area contributed by atoms with Crippen molar-refractivity contribution in [1.29, 1.82) is 0 Å². The fraction of sp³-hybridized carbons (Fsp3) is 0.143. The van der Waals surface area contributed by atoms with E-state index in [2.05, 4.69) is 10.2 Å². The van der Waals surface area contributed by atoms with Gasteiger partial charge in [0.15, 0.2) is 5.78 Å². The van der Waals surface area contributed by atoms with Gasteiger partial charge in [-0.15, -0.1) is 11.3 Å². The number of aromatic amines is 1. The van der Waals surface area contributed by atoms with E-state index in [1.54, 1.807) is 13.1 Å². The van der Waals surface area contributed by atoms with Gasteiger partial charge in [0.2, 0.25) is 0 Å². The molecule has 2 aromatic heterocycles. The maximum absolute atomic E-state index is 10.9. The molecule has 2 rings (SSSR count). The highest BCUT2D eigenvalue weighted by atomic mass is 32.1. The lowest BCUT2D eigenvalue weighted by Crippen LogP contribution is -1.83. The molecule has 0 bridgehead atoms. The van der Waals surface area contributed by atoms with Crippen LogP contribution in [0.2, 0.25) is 0 Å². The highest BCUT2D eigenvalue weighted by Gasteiger charge is 2.05. The van der Waals surface area contributed by atoms with Crippen molar-refractivity contribution in [1.82, 2.24) is 10.2 Å². The number of nitrogens with one attached hydrogen (secondary N) is 1. The number of H-pyrrole nitrogens is 1. The third-order valence-electron chi connectivity index (χ3n) is 1.47. The molecule has 0 saturated heterocycles. The van der Waals surface area contributed by atoms with Crippen LogP contribution in [0.4, 0.5) is 0 Å². The lowest BCUT2D eigenvalue weighted by atomic mass is 10.3. The number of thiophene rings is 1. The van der Waals surface area contributed by atoms with Gasteiger partial charge in [-0.2, -0.15) is 5.10 Å². The summed E-state index contributed by atoms with van der Waals surface area (Å²) < 4.78 is 1.04. The second-order valence-corrected chi connectivity index (χ2v) is 3.40. The van der Waals surface area contributed by atoms with E-state index in [0.717, 1.165) is 15.1 Å². The van der Waals surface area contributed by atoms with Crippen LogP contribution in [0.1, 0.15) is 16.6 Å². The predicted molar refractivity (Wildman–Crippen MR) is 44.0 cm³/mol. The van der Waals surface area contributed by atoms with Gasteiger partial charge < -0.3 is 0 Å². The van der Waals surface area contributed by atoms with Crippen LogP contribution in [0.5, 0.6) is 0 Å². The van der Waals surface area contributed by atoms with Crippen molar-refractivity contribution >= 4 is 27.3 Å². The van der Waals surface area contributed by atoms with Gasteiger partial charge in [0.05, 0.1) is 21.3 Å². The van der Waals surface area contributed by atoms with Gasteiger partial charge in [0.25, 0.3) is 0 Å². The Kier molecular flexibility index (Phi) is 1.29. The number of carbonyl (C=O) groups is 1. The smallest absolute Gasteiger partial charge is 0.169 e. The maximum atomic E-state index is 10.9. The van der Waals surface area contributed by atoms with Crippen molar-refractivity contribution in [3.8, 4) is 0 Å². The number of carbonyl (C=O) groups excluding carboxylic acids is 1. The van der Waals surface area contributed by atoms with Gasteiger partial charge in [0.1, 0.15) is 0 Å². The summed E-state index contributed by atoms with van der Waals surface area (Å²) in [5.74, 6) is 0.111. The Bertz CT molecular complexity index is 373. The molecule has 0 radical (unpaired) electrons. The molecule has 1 N–H and O–H groups in total. The van der Waals surface area contributed by atoms with Crippen LogP contribution in [-0.2, 0) is 0 Å². The minimum Gasteiger partial charge on any atom is -0.294 e. The van der Waals surface area contributed by atoms with Crippen molar-refractivity contribution in [2.45, 2.75) is 6.92 Å². The molecule has 11 heavy (non-hydrogen) atoms. The molecule has 0 fully saturated rings. The first kappa shape index (κ1) is 6.54. The zero-order valence-corrected chi connectivity index (χ0v) is 6.73. The Morgan fingerprint density at radius 3 is 3.18 bits per heavy atom. The third kappa shape index (κ3) is 0.952. The first-order valence-electron chi connectivity index (χ1n) is 3.21. The van der Waals surface area contributed by atoms with Gasteiger partial charge in [-0.25, -0.2) is 0 Å². The number of hydrogen-bond acceptors (Lipinski definition) is 3. The van der Waals surface area contributed by atoms with Crippen molar-refractivity contribution in [3.05, 3.63) is 17.1 Å². The van der Waals surface area contributed by atoms with Crippen LogP contribution < -0.4 is 0 Å². The highest BCUT2D eigenvalue weighted by molar-refractivity contribution is 7.20. The molecule has 0 amide bonds. The Morgan fingerprint density at radius 1 is 1.73 bits per heavy atom. The Hall–Kier alpha value is -1.16. The van der Waals surface area contributed by atoms with Gasteiger partial charge in [-0.05, 0) is 13.0 Å². The largest absolute Gasteiger partial charge is 0.294 e. The summed E-state index contributed by atoms with van der Waals surface area (Å²) in [6.45, 7) is 1.57. The Balaban J connectivity index is 2.67. The zero-order chi connectivity index (χ0) is 7.84. The summed E-state index contributed by atoms with van der Waals surface area (Å²) in [6, 6.07) is 1.83. The summed E-state index contributed by atoms with van der Waals surface area (Å²) >= 11 is 1.47. The molecule has 2 aromatic rings. The van der Waals surface area contributed by atoms with Crippen LogP contribution in [-0.4, -0.2) is 16.0 Å².